The summed E-state index contributed by atoms with van der Waals surface area (Å²) in [5, 5.41) is 4.63. The molecule has 0 spiro atoms. The average Bonchev–Trinajstić information content (AvgIpc) is 2.74. The highest BCUT2D eigenvalue weighted by molar-refractivity contribution is 6.09. The topological polar surface area (TPSA) is 35.2 Å². The predicted octanol–water partition coefficient (Wildman–Crippen LogP) is 7.03. The van der Waals surface area contributed by atoms with Crippen molar-refractivity contribution in [3.8, 4) is 22.6 Å². The molecule has 0 aliphatic carbocycles. The van der Waals surface area contributed by atoms with E-state index in [1.807, 2.05) is 54.6 Å². The zero-order valence-corrected chi connectivity index (χ0v) is 15.3. The maximum Gasteiger partial charge on any atom is 0.158 e. The molecule has 5 aromatic carbocycles. The van der Waals surface area contributed by atoms with Gasteiger partial charge in [0.15, 0.2) is 5.75 Å². The summed E-state index contributed by atoms with van der Waals surface area (Å²) in [6, 6.07) is 34.9. The normalized spacial score (nSPS) is 11.0. The highest BCUT2D eigenvalue weighted by Gasteiger charge is 2.16. The van der Waals surface area contributed by atoms with Crippen LogP contribution in [0.25, 0.3) is 32.7 Å². The number of nitrogens with two attached hydrogens (primary N) is 1. The van der Waals surface area contributed by atoms with Gasteiger partial charge in [0.25, 0.3) is 0 Å². The molecule has 0 unspecified atom stereocenters. The average molecular weight is 361 g/mol. The molecule has 2 heteroatoms. The molecule has 2 nitrogen and oxygen atoms in total. The van der Waals surface area contributed by atoms with E-state index < -0.39 is 0 Å². The number of hydrogen-bond donors (Lipinski definition) is 1. The van der Waals surface area contributed by atoms with Gasteiger partial charge in [0.05, 0.1) is 5.69 Å². The fraction of sp³-hybridized carbons (Fsp3) is 0. The van der Waals surface area contributed by atoms with Crippen LogP contribution in [0.2, 0.25) is 0 Å². The minimum absolute atomic E-state index is 0.630. The fourth-order valence-electron chi connectivity index (χ4n) is 3.70. The third kappa shape index (κ3) is 2.85. The highest BCUT2D eigenvalue weighted by Crippen LogP contribution is 2.44. The lowest BCUT2D eigenvalue weighted by molar-refractivity contribution is 0.487. The summed E-state index contributed by atoms with van der Waals surface area (Å²) >= 11 is 0. The van der Waals surface area contributed by atoms with E-state index in [1.165, 1.54) is 10.8 Å². The molecule has 0 fully saturated rings. The monoisotopic (exact) mass is 361 g/mol. The molecule has 0 saturated heterocycles. The first-order valence-electron chi connectivity index (χ1n) is 9.33. The van der Waals surface area contributed by atoms with Gasteiger partial charge >= 0.3 is 0 Å². The maximum absolute atomic E-state index is 6.49. The van der Waals surface area contributed by atoms with Crippen molar-refractivity contribution in [2.75, 3.05) is 5.73 Å². The van der Waals surface area contributed by atoms with Crippen LogP contribution in [0.5, 0.6) is 11.5 Å². The first-order chi connectivity index (χ1) is 13.8. The Morgan fingerprint density at radius 1 is 0.571 bits per heavy atom. The number of nitrogen functional groups attached to an aromatic ring is 1. The van der Waals surface area contributed by atoms with Gasteiger partial charge in [-0.3, -0.25) is 0 Å². The second-order valence-corrected chi connectivity index (χ2v) is 6.87. The van der Waals surface area contributed by atoms with Gasteiger partial charge in [0.1, 0.15) is 5.75 Å². The van der Waals surface area contributed by atoms with Gasteiger partial charge in [-0.15, -0.1) is 0 Å². The number of para-hydroxylation sites is 1. The molecular formula is C26H19NO. The van der Waals surface area contributed by atoms with Gasteiger partial charge < -0.3 is 10.5 Å². The van der Waals surface area contributed by atoms with Gasteiger partial charge in [-0.25, -0.2) is 0 Å². The van der Waals surface area contributed by atoms with Crippen LogP contribution in [-0.2, 0) is 0 Å². The van der Waals surface area contributed by atoms with E-state index in [1.54, 1.807) is 0 Å². The van der Waals surface area contributed by atoms with Crippen molar-refractivity contribution in [2.24, 2.45) is 0 Å². The standard InChI is InChI=1S/C26H19NO/c27-24-17-21-15-19-11-7-8-12-20(19)16-23(21)25(18-9-3-1-4-10-18)26(24)28-22-13-5-2-6-14-22/h1-17H,27H2. The molecule has 0 heterocycles. The van der Waals surface area contributed by atoms with Crippen LogP contribution in [0, 0.1) is 0 Å². The summed E-state index contributed by atoms with van der Waals surface area (Å²) in [6.07, 6.45) is 0. The van der Waals surface area contributed by atoms with Crippen LogP contribution in [-0.4, -0.2) is 0 Å². The van der Waals surface area contributed by atoms with E-state index in [2.05, 4.69) is 48.5 Å². The molecule has 0 aliphatic heterocycles. The molecule has 2 N–H and O–H groups in total. The minimum Gasteiger partial charge on any atom is -0.455 e. The number of rotatable bonds is 3. The summed E-state index contributed by atoms with van der Waals surface area (Å²) in [5.74, 6) is 1.46. The molecule has 5 aromatic rings. The second kappa shape index (κ2) is 6.75. The minimum atomic E-state index is 0.630. The van der Waals surface area contributed by atoms with Crippen LogP contribution in [0.3, 0.4) is 0 Å². The highest BCUT2D eigenvalue weighted by atomic mass is 16.5. The third-order valence-electron chi connectivity index (χ3n) is 5.01. The van der Waals surface area contributed by atoms with Crippen LogP contribution in [0.4, 0.5) is 5.69 Å². The van der Waals surface area contributed by atoms with E-state index in [-0.39, 0.29) is 0 Å². The number of fused-ring (bicyclic) bond motifs is 2. The molecule has 28 heavy (non-hydrogen) atoms. The quantitative estimate of drug-likeness (QED) is 0.276. The predicted molar refractivity (Wildman–Crippen MR) is 118 cm³/mol. The number of hydrogen-bond acceptors (Lipinski definition) is 2. The Bertz CT molecular complexity index is 1280. The first-order valence-corrected chi connectivity index (χ1v) is 9.33. The summed E-state index contributed by atoms with van der Waals surface area (Å²) in [6.45, 7) is 0. The Hall–Kier alpha value is -3.78. The van der Waals surface area contributed by atoms with Gasteiger partial charge in [-0.05, 0) is 57.4 Å². The zero-order valence-electron chi connectivity index (χ0n) is 15.3. The SMILES string of the molecule is Nc1cc2cc3ccccc3cc2c(-c2ccccc2)c1Oc1ccccc1. The number of anilines is 1. The van der Waals surface area contributed by atoms with Gasteiger partial charge in [0, 0.05) is 5.56 Å². The third-order valence-corrected chi connectivity index (χ3v) is 5.01. The van der Waals surface area contributed by atoms with Crippen molar-refractivity contribution in [1.82, 2.24) is 0 Å². The maximum atomic E-state index is 6.49. The van der Waals surface area contributed by atoms with Crippen LogP contribution < -0.4 is 10.5 Å². The Morgan fingerprint density at radius 2 is 1.18 bits per heavy atom. The van der Waals surface area contributed by atoms with E-state index in [0.29, 0.717) is 11.4 Å². The molecule has 134 valence electrons. The van der Waals surface area contributed by atoms with Crippen LogP contribution >= 0.6 is 0 Å². The van der Waals surface area contributed by atoms with E-state index in [9.17, 15) is 0 Å². The molecule has 0 bridgehead atoms. The Morgan fingerprint density at radius 3 is 1.89 bits per heavy atom. The van der Waals surface area contributed by atoms with E-state index in [0.717, 1.165) is 27.6 Å². The molecule has 0 amide bonds. The lowest BCUT2D eigenvalue weighted by Crippen LogP contribution is -1.96. The zero-order chi connectivity index (χ0) is 18.9. The van der Waals surface area contributed by atoms with Crippen molar-refractivity contribution >= 4 is 27.2 Å². The molecule has 5 rings (SSSR count). The summed E-state index contributed by atoms with van der Waals surface area (Å²) in [7, 11) is 0. The van der Waals surface area contributed by atoms with Crippen LogP contribution in [0.15, 0.2) is 103 Å². The van der Waals surface area contributed by atoms with Gasteiger partial charge in [0.2, 0.25) is 0 Å². The lowest BCUT2D eigenvalue weighted by Gasteiger charge is -2.17. The fourth-order valence-corrected chi connectivity index (χ4v) is 3.70. The largest absolute Gasteiger partial charge is 0.455 e. The van der Waals surface area contributed by atoms with Crippen molar-refractivity contribution < 1.29 is 4.74 Å². The van der Waals surface area contributed by atoms with Crippen molar-refractivity contribution in [3.05, 3.63) is 103 Å². The molecule has 0 aliphatic rings. The lowest BCUT2D eigenvalue weighted by atomic mass is 9.94. The van der Waals surface area contributed by atoms with Crippen molar-refractivity contribution in [3.63, 3.8) is 0 Å². The van der Waals surface area contributed by atoms with E-state index >= 15 is 0 Å². The second-order valence-electron chi connectivity index (χ2n) is 6.87. The Kier molecular flexibility index (Phi) is 3.95. The first kappa shape index (κ1) is 16.4. The van der Waals surface area contributed by atoms with Crippen molar-refractivity contribution in [2.45, 2.75) is 0 Å². The number of benzene rings is 5. The van der Waals surface area contributed by atoms with Gasteiger partial charge in [-0.1, -0.05) is 72.8 Å². The molecular weight excluding hydrogens is 342 g/mol. The number of ether oxygens (including phenoxy) is 1. The Labute approximate surface area is 163 Å². The molecule has 0 atom stereocenters. The molecule has 0 aromatic heterocycles. The van der Waals surface area contributed by atoms with Crippen molar-refractivity contribution in [1.29, 1.82) is 0 Å². The van der Waals surface area contributed by atoms with Gasteiger partial charge in [-0.2, -0.15) is 0 Å². The molecule has 0 saturated carbocycles. The smallest absolute Gasteiger partial charge is 0.158 e. The Balaban J connectivity index is 1.85. The summed E-state index contributed by atoms with van der Waals surface area (Å²) < 4.78 is 6.29. The van der Waals surface area contributed by atoms with Crippen LogP contribution in [0.1, 0.15) is 0 Å². The van der Waals surface area contributed by atoms with E-state index in [4.69, 9.17) is 10.5 Å². The summed E-state index contributed by atoms with van der Waals surface area (Å²) in [4.78, 5) is 0. The molecule has 0 radical (unpaired) electrons. The summed E-state index contributed by atoms with van der Waals surface area (Å²) in [5.41, 5.74) is 9.22.